The second-order valence-corrected chi connectivity index (χ2v) is 6.43. The number of rotatable bonds is 7. The number of hydrogen-bond donors (Lipinski definition) is 2. The molecule has 1 aliphatic rings. The van der Waals surface area contributed by atoms with Gasteiger partial charge in [0.15, 0.2) is 5.96 Å². The van der Waals surface area contributed by atoms with Gasteiger partial charge in [0.2, 0.25) is 0 Å². The van der Waals surface area contributed by atoms with Crippen molar-refractivity contribution in [3.8, 4) is 0 Å². The van der Waals surface area contributed by atoms with Gasteiger partial charge in [0.05, 0.1) is 0 Å². The highest BCUT2D eigenvalue weighted by atomic mass is 15.2. The molecule has 2 atom stereocenters. The highest BCUT2D eigenvalue weighted by molar-refractivity contribution is 5.79. The van der Waals surface area contributed by atoms with E-state index in [4.69, 9.17) is 0 Å². The van der Waals surface area contributed by atoms with E-state index in [0.29, 0.717) is 12.1 Å². The minimum absolute atomic E-state index is 0.469. The first-order valence-corrected chi connectivity index (χ1v) is 8.28. The molecule has 0 aromatic rings. The SMILES string of the molecule is CCC(C)NC(=NC)NCC(CC(C)C)N1CCCC1. The van der Waals surface area contributed by atoms with Crippen LogP contribution in [-0.2, 0) is 0 Å². The Balaban J connectivity index is 2.47. The number of likely N-dealkylation sites (tertiary alicyclic amines) is 1. The van der Waals surface area contributed by atoms with Gasteiger partial charge in [-0.3, -0.25) is 9.89 Å². The minimum Gasteiger partial charge on any atom is -0.355 e. The van der Waals surface area contributed by atoms with Crippen LogP contribution in [0, 0.1) is 5.92 Å². The first kappa shape index (κ1) is 17.3. The average Bonchev–Trinajstić information content (AvgIpc) is 2.95. The molecule has 20 heavy (non-hydrogen) atoms. The summed E-state index contributed by atoms with van der Waals surface area (Å²) < 4.78 is 0. The predicted molar refractivity (Wildman–Crippen MR) is 88.3 cm³/mol. The smallest absolute Gasteiger partial charge is 0.191 e. The number of hydrogen-bond acceptors (Lipinski definition) is 2. The first-order chi connectivity index (χ1) is 9.56. The molecular formula is C16H34N4. The van der Waals surface area contributed by atoms with Gasteiger partial charge in [-0.15, -0.1) is 0 Å². The molecular weight excluding hydrogens is 248 g/mol. The van der Waals surface area contributed by atoms with Gasteiger partial charge >= 0.3 is 0 Å². The average molecular weight is 282 g/mol. The molecule has 1 rings (SSSR count). The Labute approximate surface area is 125 Å². The predicted octanol–water partition coefficient (Wildman–Crippen LogP) is 2.46. The van der Waals surface area contributed by atoms with Crippen molar-refractivity contribution >= 4 is 5.96 Å². The molecule has 0 amide bonds. The zero-order valence-corrected chi connectivity index (χ0v) is 14.1. The van der Waals surface area contributed by atoms with Crippen molar-refractivity contribution < 1.29 is 0 Å². The van der Waals surface area contributed by atoms with Gasteiger partial charge in [0.1, 0.15) is 0 Å². The van der Waals surface area contributed by atoms with E-state index in [0.717, 1.165) is 24.8 Å². The third-order valence-electron chi connectivity index (χ3n) is 4.12. The third kappa shape index (κ3) is 6.12. The Morgan fingerprint density at radius 2 is 1.85 bits per heavy atom. The van der Waals surface area contributed by atoms with Crippen LogP contribution in [0.4, 0.5) is 0 Å². The number of aliphatic imine (C=N–C) groups is 1. The van der Waals surface area contributed by atoms with Crippen molar-refractivity contribution in [1.29, 1.82) is 0 Å². The molecule has 4 nitrogen and oxygen atoms in total. The van der Waals surface area contributed by atoms with E-state index in [1.807, 2.05) is 7.05 Å². The maximum Gasteiger partial charge on any atom is 0.191 e. The Kier molecular flexibility index (Phi) is 7.97. The molecule has 0 bridgehead atoms. The molecule has 0 aliphatic carbocycles. The number of nitrogens with zero attached hydrogens (tertiary/aromatic N) is 2. The van der Waals surface area contributed by atoms with Gasteiger partial charge in [0.25, 0.3) is 0 Å². The van der Waals surface area contributed by atoms with E-state index in [-0.39, 0.29) is 0 Å². The fraction of sp³-hybridized carbons (Fsp3) is 0.938. The van der Waals surface area contributed by atoms with Crippen LogP contribution in [0.1, 0.15) is 53.4 Å². The lowest BCUT2D eigenvalue weighted by Gasteiger charge is -2.30. The fourth-order valence-corrected chi connectivity index (χ4v) is 2.76. The molecule has 1 heterocycles. The normalized spacial score (nSPS) is 20.2. The van der Waals surface area contributed by atoms with Crippen molar-refractivity contribution in [3.05, 3.63) is 0 Å². The van der Waals surface area contributed by atoms with E-state index < -0.39 is 0 Å². The molecule has 0 aromatic heterocycles. The molecule has 4 heteroatoms. The monoisotopic (exact) mass is 282 g/mol. The first-order valence-electron chi connectivity index (χ1n) is 8.28. The van der Waals surface area contributed by atoms with Crippen LogP contribution in [-0.4, -0.2) is 49.6 Å². The van der Waals surface area contributed by atoms with Crippen molar-refractivity contribution in [2.24, 2.45) is 10.9 Å². The van der Waals surface area contributed by atoms with E-state index in [1.165, 1.54) is 32.4 Å². The van der Waals surface area contributed by atoms with E-state index in [9.17, 15) is 0 Å². The van der Waals surface area contributed by atoms with Crippen LogP contribution in [0.2, 0.25) is 0 Å². The van der Waals surface area contributed by atoms with Crippen molar-refractivity contribution in [2.45, 2.75) is 65.5 Å². The summed E-state index contributed by atoms with van der Waals surface area (Å²) in [6, 6.07) is 1.10. The molecule has 0 saturated carbocycles. The maximum atomic E-state index is 4.33. The van der Waals surface area contributed by atoms with Crippen LogP contribution in [0.25, 0.3) is 0 Å². The minimum atomic E-state index is 0.469. The van der Waals surface area contributed by atoms with Crippen molar-refractivity contribution in [3.63, 3.8) is 0 Å². The van der Waals surface area contributed by atoms with E-state index >= 15 is 0 Å². The zero-order valence-electron chi connectivity index (χ0n) is 14.1. The molecule has 118 valence electrons. The van der Waals surface area contributed by atoms with Gasteiger partial charge in [-0.1, -0.05) is 20.8 Å². The molecule has 2 N–H and O–H groups in total. The van der Waals surface area contributed by atoms with Gasteiger partial charge in [-0.2, -0.15) is 0 Å². The van der Waals surface area contributed by atoms with Crippen LogP contribution in [0.5, 0.6) is 0 Å². The van der Waals surface area contributed by atoms with Gasteiger partial charge in [-0.05, 0) is 51.6 Å². The molecule has 0 aromatic carbocycles. The Bertz CT molecular complexity index is 282. The van der Waals surface area contributed by atoms with E-state index in [2.05, 4.69) is 48.2 Å². The Morgan fingerprint density at radius 3 is 2.35 bits per heavy atom. The van der Waals surface area contributed by atoms with Crippen molar-refractivity contribution in [2.75, 3.05) is 26.7 Å². The maximum absolute atomic E-state index is 4.33. The van der Waals surface area contributed by atoms with Crippen molar-refractivity contribution in [1.82, 2.24) is 15.5 Å². The molecule has 1 saturated heterocycles. The molecule has 2 unspecified atom stereocenters. The molecule has 1 fully saturated rings. The topological polar surface area (TPSA) is 39.7 Å². The van der Waals surface area contributed by atoms with Crippen LogP contribution in [0.15, 0.2) is 4.99 Å². The summed E-state index contributed by atoms with van der Waals surface area (Å²) in [4.78, 5) is 6.97. The summed E-state index contributed by atoms with van der Waals surface area (Å²) in [5.41, 5.74) is 0. The lowest BCUT2D eigenvalue weighted by Crippen LogP contribution is -2.48. The lowest BCUT2D eigenvalue weighted by atomic mass is 10.0. The number of nitrogens with one attached hydrogen (secondary N) is 2. The highest BCUT2D eigenvalue weighted by Gasteiger charge is 2.22. The fourth-order valence-electron chi connectivity index (χ4n) is 2.76. The largest absolute Gasteiger partial charge is 0.355 e. The third-order valence-corrected chi connectivity index (χ3v) is 4.12. The quantitative estimate of drug-likeness (QED) is 0.556. The van der Waals surface area contributed by atoms with Crippen LogP contribution in [0.3, 0.4) is 0 Å². The number of guanidine groups is 1. The summed E-state index contributed by atoms with van der Waals surface area (Å²) in [5.74, 6) is 1.68. The van der Waals surface area contributed by atoms with Crippen LogP contribution >= 0.6 is 0 Å². The summed E-state index contributed by atoms with van der Waals surface area (Å²) in [7, 11) is 1.85. The lowest BCUT2D eigenvalue weighted by molar-refractivity contribution is 0.212. The Hall–Kier alpha value is -0.770. The Morgan fingerprint density at radius 1 is 1.20 bits per heavy atom. The van der Waals surface area contributed by atoms with Gasteiger partial charge in [-0.25, -0.2) is 0 Å². The van der Waals surface area contributed by atoms with Crippen LogP contribution < -0.4 is 10.6 Å². The molecule has 0 spiro atoms. The molecule has 1 aliphatic heterocycles. The second-order valence-electron chi connectivity index (χ2n) is 6.43. The van der Waals surface area contributed by atoms with E-state index in [1.54, 1.807) is 0 Å². The summed E-state index contributed by atoms with van der Waals surface area (Å²) >= 11 is 0. The van der Waals surface area contributed by atoms with Gasteiger partial charge in [0, 0.05) is 25.7 Å². The second kappa shape index (κ2) is 9.22. The zero-order chi connectivity index (χ0) is 15.0. The summed E-state index contributed by atoms with van der Waals surface area (Å²) in [6.07, 6.45) is 5.08. The van der Waals surface area contributed by atoms with Gasteiger partial charge < -0.3 is 10.6 Å². The molecule has 0 radical (unpaired) electrons. The summed E-state index contributed by atoms with van der Waals surface area (Å²) in [6.45, 7) is 12.5. The summed E-state index contributed by atoms with van der Waals surface area (Å²) in [5, 5.41) is 6.95. The highest BCUT2D eigenvalue weighted by Crippen LogP contribution is 2.17. The standard InChI is InChI=1S/C16H34N4/c1-6-14(4)19-16(17-5)18-12-15(11-13(2)3)20-9-7-8-10-20/h13-15H,6-12H2,1-5H3,(H2,17,18,19).